The van der Waals surface area contributed by atoms with Gasteiger partial charge in [0.25, 0.3) is 0 Å². The lowest BCUT2D eigenvalue weighted by molar-refractivity contribution is 0.0528. The van der Waals surface area contributed by atoms with Crippen molar-refractivity contribution in [1.82, 2.24) is 0 Å². The molecule has 106 valence electrons. The summed E-state index contributed by atoms with van der Waals surface area (Å²) in [5.41, 5.74) is 6.58. The van der Waals surface area contributed by atoms with Crippen LogP contribution < -0.4 is 5.73 Å². The number of esters is 1. The number of rotatable bonds is 4. The zero-order valence-electron chi connectivity index (χ0n) is 10.8. The molecule has 1 aromatic heterocycles. The van der Waals surface area contributed by atoms with Crippen molar-refractivity contribution < 1.29 is 14.3 Å². The molecule has 1 heterocycles. The van der Waals surface area contributed by atoms with E-state index in [0.717, 1.165) is 11.3 Å². The second-order valence-corrected chi connectivity index (χ2v) is 4.89. The van der Waals surface area contributed by atoms with Crippen LogP contribution in [0.1, 0.15) is 32.5 Å². The quantitative estimate of drug-likeness (QED) is 0.695. The van der Waals surface area contributed by atoms with Gasteiger partial charge in [-0.2, -0.15) is 0 Å². The molecule has 0 aliphatic rings. The molecule has 2 N–H and O–H groups in total. The molecule has 2 rings (SSSR count). The van der Waals surface area contributed by atoms with Gasteiger partial charge in [0.2, 0.25) is 5.78 Å². The molecule has 0 amide bonds. The molecule has 2 aromatic rings. The third kappa shape index (κ3) is 3.37. The maximum Gasteiger partial charge on any atom is 0.341 e. The van der Waals surface area contributed by atoms with Crippen LogP contribution in [0, 0.1) is 0 Å². The SMILES string of the molecule is CCOC(=O)c1cc(C(=O)c2ccccc2)sc1N.Cl. The van der Waals surface area contributed by atoms with E-state index in [9.17, 15) is 9.59 Å². The number of thiophene rings is 1. The average molecular weight is 312 g/mol. The van der Waals surface area contributed by atoms with Gasteiger partial charge in [-0.05, 0) is 13.0 Å². The number of anilines is 1. The van der Waals surface area contributed by atoms with Gasteiger partial charge >= 0.3 is 5.97 Å². The lowest BCUT2D eigenvalue weighted by atomic mass is 10.1. The highest BCUT2D eigenvalue weighted by Crippen LogP contribution is 2.27. The van der Waals surface area contributed by atoms with Crippen LogP contribution in [0.2, 0.25) is 0 Å². The first-order valence-corrected chi connectivity index (χ1v) is 6.61. The number of hydrogen-bond acceptors (Lipinski definition) is 5. The Morgan fingerprint density at radius 2 is 1.90 bits per heavy atom. The summed E-state index contributed by atoms with van der Waals surface area (Å²) < 4.78 is 4.88. The van der Waals surface area contributed by atoms with Crippen LogP contribution in [0.25, 0.3) is 0 Å². The maximum absolute atomic E-state index is 12.2. The normalized spacial score (nSPS) is 9.65. The third-order valence-corrected chi connectivity index (χ3v) is 3.48. The van der Waals surface area contributed by atoms with Crippen molar-refractivity contribution in [1.29, 1.82) is 0 Å². The minimum Gasteiger partial charge on any atom is -0.462 e. The van der Waals surface area contributed by atoms with Gasteiger partial charge in [-0.15, -0.1) is 23.7 Å². The highest BCUT2D eigenvalue weighted by atomic mass is 35.5. The van der Waals surface area contributed by atoms with Crippen molar-refractivity contribution in [2.24, 2.45) is 0 Å². The van der Waals surface area contributed by atoms with E-state index in [4.69, 9.17) is 10.5 Å². The molecule has 0 spiro atoms. The lowest BCUT2D eigenvalue weighted by Gasteiger charge is -1.98. The number of nitrogen functional groups attached to an aromatic ring is 1. The van der Waals surface area contributed by atoms with E-state index in [0.29, 0.717) is 15.4 Å². The second-order valence-electron chi connectivity index (χ2n) is 3.80. The van der Waals surface area contributed by atoms with Gasteiger partial charge in [0.15, 0.2) is 0 Å². The molecular weight excluding hydrogens is 298 g/mol. The van der Waals surface area contributed by atoms with Crippen molar-refractivity contribution in [3.63, 3.8) is 0 Å². The number of hydrogen-bond donors (Lipinski definition) is 1. The van der Waals surface area contributed by atoms with Crippen LogP contribution in [0.4, 0.5) is 5.00 Å². The third-order valence-electron chi connectivity index (χ3n) is 2.52. The lowest BCUT2D eigenvalue weighted by Crippen LogP contribution is -2.05. The Labute approximate surface area is 127 Å². The number of ether oxygens (including phenoxy) is 1. The Balaban J connectivity index is 0.00000200. The van der Waals surface area contributed by atoms with Gasteiger partial charge in [-0.1, -0.05) is 30.3 Å². The smallest absolute Gasteiger partial charge is 0.341 e. The van der Waals surface area contributed by atoms with Crippen LogP contribution >= 0.6 is 23.7 Å². The second kappa shape index (κ2) is 7.07. The van der Waals surface area contributed by atoms with Crippen molar-refractivity contribution in [2.75, 3.05) is 12.3 Å². The molecule has 0 bridgehead atoms. The van der Waals surface area contributed by atoms with Crippen molar-refractivity contribution in [3.05, 3.63) is 52.4 Å². The van der Waals surface area contributed by atoms with E-state index in [-0.39, 0.29) is 30.4 Å². The zero-order chi connectivity index (χ0) is 13.8. The summed E-state index contributed by atoms with van der Waals surface area (Å²) >= 11 is 1.10. The molecule has 0 aliphatic heterocycles. The van der Waals surface area contributed by atoms with Gasteiger partial charge in [0, 0.05) is 5.56 Å². The van der Waals surface area contributed by atoms with E-state index >= 15 is 0 Å². The summed E-state index contributed by atoms with van der Waals surface area (Å²) in [4.78, 5) is 24.3. The molecule has 0 aliphatic carbocycles. The van der Waals surface area contributed by atoms with Crippen LogP contribution in [0.5, 0.6) is 0 Å². The van der Waals surface area contributed by atoms with E-state index in [1.54, 1.807) is 31.2 Å². The van der Waals surface area contributed by atoms with E-state index in [1.807, 2.05) is 6.07 Å². The fourth-order valence-corrected chi connectivity index (χ4v) is 2.49. The molecule has 20 heavy (non-hydrogen) atoms. The minimum atomic E-state index is -0.497. The summed E-state index contributed by atoms with van der Waals surface area (Å²) in [6.45, 7) is 1.99. The standard InChI is InChI=1S/C14H13NO3S.ClH/c1-2-18-14(17)10-8-11(19-13(10)15)12(16)9-6-4-3-5-7-9;/h3-8H,2,15H2,1H3;1H. The molecule has 0 saturated heterocycles. The number of ketones is 1. The Bertz CT molecular complexity index is 610. The number of benzene rings is 1. The van der Waals surface area contributed by atoms with Gasteiger partial charge in [-0.25, -0.2) is 4.79 Å². The van der Waals surface area contributed by atoms with E-state index in [2.05, 4.69) is 0 Å². The zero-order valence-corrected chi connectivity index (χ0v) is 12.4. The molecule has 0 atom stereocenters. The Morgan fingerprint density at radius 3 is 2.50 bits per heavy atom. The summed E-state index contributed by atoms with van der Waals surface area (Å²) in [5.74, 6) is -0.642. The summed E-state index contributed by atoms with van der Waals surface area (Å²) in [5, 5.41) is 0.303. The predicted octanol–water partition coefficient (Wildman–Crippen LogP) is 3.16. The molecule has 0 radical (unpaired) electrons. The highest BCUT2D eigenvalue weighted by molar-refractivity contribution is 7.18. The van der Waals surface area contributed by atoms with Gasteiger partial charge < -0.3 is 10.5 Å². The fraction of sp³-hybridized carbons (Fsp3) is 0.143. The monoisotopic (exact) mass is 311 g/mol. The summed E-state index contributed by atoms with van der Waals surface area (Å²) in [6.07, 6.45) is 0. The highest BCUT2D eigenvalue weighted by Gasteiger charge is 2.19. The van der Waals surface area contributed by atoms with Gasteiger partial charge in [-0.3, -0.25) is 4.79 Å². The Morgan fingerprint density at radius 1 is 1.25 bits per heavy atom. The van der Waals surface area contributed by atoms with Gasteiger partial charge in [0.05, 0.1) is 17.0 Å². The van der Waals surface area contributed by atoms with Crippen LogP contribution in [0.3, 0.4) is 0 Å². The van der Waals surface area contributed by atoms with Crippen molar-refractivity contribution in [3.8, 4) is 0 Å². The first-order valence-electron chi connectivity index (χ1n) is 5.79. The van der Waals surface area contributed by atoms with Crippen LogP contribution in [0.15, 0.2) is 36.4 Å². The van der Waals surface area contributed by atoms with Gasteiger partial charge in [0.1, 0.15) is 5.00 Å². The van der Waals surface area contributed by atoms with Crippen molar-refractivity contribution in [2.45, 2.75) is 6.92 Å². The molecule has 1 aromatic carbocycles. The van der Waals surface area contributed by atoms with E-state index < -0.39 is 5.97 Å². The molecule has 4 nitrogen and oxygen atoms in total. The Hall–Kier alpha value is -1.85. The first kappa shape index (κ1) is 16.2. The molecule has 0 fully saturated rings. The number of nitrogens with two attached hydrogens (primary N) is 1. The average Bonchev–Trinajstić information content (AvgIpc) is 2.81. The summed E-state index contributed by atoms with van der Waals surface area (Å²) in [6, 6.07) is 10.4. The number of carbonyl (C=O) groups excluding carboxylic acids is 2. The largest absolute Gasteiger partial charge is 0.462 e. The predicted molar refractivity (Wildman–Crippen MR) is 81.8 cm³/mol. The van der Waals surface area contributed by atoms with Crippen LogP contribution in [-0.2, 0) is 4.74 Å². The van der Waals surface area contributed by atoms with Crippen molar-refractivity contribution >= 4 is 40.5 Å². The molecule has 0 unspecified atom stereocenters. The molecular formula is C14H14ClNO3S. The van der Waals surface area contributed by atoms with Crippen LogP contribution in [-0.4, -0.2) is 18.4 Å². The molecule has 0 saturated carbocycles. The number of carbonyl (C=O) groups is 2. The topological polar surface area (TPSA) is 69.4 Å². The fourth-order valence-electron chi connectivity index (χ4n) is 1.62. The van der Waals surface area contributed by atoms with E-state index in [1.165, 1.54) is 6.07 Å². The minimum absolute atomic E-state index is 0. The maximum atomic E-state index is 12.2. The number of halogens is 1. The first-order chi connectivity index (χ1) is 9.13. The molecule has 6 heteroatoms. The summed E-state index contributed by atoms with van der Waals surface area (Å²) in [7, 11) is 0. The Kier molecular flexibility index (Phi) is 5.73.